The van der Waals surface area contributed by atoms with Gasteiger partial charge in [0.1, 0.15) is 13.2 Å². The summed E-state index contributed by atoms with van der Waals surface area (Å²) in [5.74, 6) is -0.952. The zero-order valence-electron chi connectivity index (χ0n) is 52.5. The molecule has 1 atom stereocenters. The Morgan fingerprint density at radius 3 is 0.815 bits per heavy atom. The van der Waals surface area contributed by atoms with E-state index in [2.05, 4.69) is 167 Å². The minimum Gasteiger partial charge on any atom is -0.462 e. The van der Waals surface area contributed by atoms with Crippen molar-refractivity contribution >= 4 is 17.9 Å². The van der Waals surface area contributed by atoms with Gasteiger partial charge in [0.15, 0.2) is 6.10 Å². The molecule has 0 fully saturated rings. The summed E-state index contributed by atoms with van der Waals surface area (Å²) in [6.07, 6.45) is 97.1. The average molecular weight is 1120 g/mol. The van der Waals surface area contributed by atoms with E-state index >= 15 is 0 Å². The molecule has 0 amide bonds. The van der Waals surface area contributed by atoms with Crippen molar-refractivity contribution in [1.29, 1.82) is 0 Å². The first-order valence-electron chi connectivity index (χ1n) is 33.3. The van der Waals surface area contributed by atoms with Crippen LogP contribution in [0.3, 0.4) is 0 Å². The van der Waals surface area contributed by atoms with E-state index in [1.807, 2.05) is 0 Å². The number of ether oxygens (including phenoxy) is 3. The van der Waals surface area contributed by atoms with Crippen molar-refractivity contribution in [2.24, 2.45) is 0 Å². The summed E-state index contributed by atoms with van der Waals surface area (Å²) in [4.78, 5) is 38.4. The van der Waals surface area contributed by atoms with Gasteiger partial charge in [-0.25, -0.2) is 0 Å². The molecule has 0 aliphatic heterocycles. The van der Waals surface area contributed by atoms with E-state index in [0.29, 0.717) is 19.3 Å². The van der Waals surface area contributed by atoms with E-state index in [1.165, 1.54) is 96.3 Å². The molecule has 6 nitrogen and oxygen atoms in total. The van der Waals surface area contributed by atoms with E-state index in [-0.39, 0.29) is 31.1 Å². The molecule has 0 bridgehead atoms. The fourth-order valence-corrected chi connectivity index (χ4v) is 8.82. The Morgan fingerprint density at radius 1 is 0.259 bits per heavy atom. The van der Waals surface area contributed by atoms with Crippen LogP contribution < -0.4 is 0 Å². The molecule has 0 aliphatic carbocycles. The van der Waals surface area contributed by atoms with Crippen LogP contribution >= 0.6 is 0 Å². The molecule has 0 aliphatic rings. The summed E-state index contributed by atoms with van der Waals surface area (Å²) in [6, 6.07) is 0. The summed E-state index contributed by atoms with van der Waals surface area (Å²) in [5.41, 5.74) is 0. The Kier molecular flexibility index (Phi) is 63.9. The normalized spacial score (nSPS) is 13.1. The quantitative estimate of drug-likeness (QED) is 0.0261. The van der Waals surface area contributed by atoms with Crippen molar-refractivity contribution in [3.63, 3.8) is 0 Å². The Labute approximate surface area is 499 Å². The molecule has 0 N–H and O–H groups in total. The summed E-state index contributed by atoms with van der Waals surface area (Å²) >= 11 is 0. The zero-order chi connectivity index (χ0) is 58.5. The molecule has 6 heteroatoms. The maximum atomic E-state index is 12.9. The van der Waals surface area contributed by atoms with Crippen LogP contribution in [0.25, 0.3) is 0 Å². The molecule has 0 radical (unpaired) electrons. The second-order valence-electron chi connectivity index (χ2n) is 21.6. The Hall–Kier alpha value is -4.71. The number of hydrogen-bond donors (Lipinski definition) is 0. The summed E-state index contributed by atoms with van der Waals surface area (Å²) in [7, 11) is 0. The van der Waals surface area contributed by atoms with E-state index in [0.717, 1.165) is 154 Å². The van der Waals surface area contributed by atoms with Gasteiger partial charge in [0.05, 0.1) is 0 Å². The largest absolute Gasteiger partial charge is 0.462 e. The third kappa shape index (κ3) is 66.0. The van der Waals surface area contributed by atoms with E-state index < -0.39 is 6.10 Å². The summed E-state index contributed by atoms with van der Waals surface area (Å²) in [6.45, 7) is 6.41. The molecule has 0 spiro atoms. The smallest absolute Gasteiger partial charge is 0.306 e. The van der Waals surface area contributed by atoms with Gasteiger partial charge in [-0.2, -0.15) is 0 Å². The number of carbonyl (C=O) groups excluding carboxylic acids is 3. The van der Waals surface area contributed by atoms with Crippen molar-refractivity contribution in [2.45, 2.75) is 297 Å². The summed E-state index contributed by atoms with van der Waals surface area (Å²) in [5, 5.41) is 0. The lowest BCUT2D eigenvalue weighted by Crippen LogP contribution is -2.30. The van der Waals surface area contributed by atoms with Gasteiger partial charge in [-0.3, -0.25) is 14.4 Å². The molecule has 1 unspecified atom stereocenters. The molecule has 81 heavy (non-hydrogen) atoms. The number of rotatable bonds is 59. The predicted molar refractivity (Wildman–Crippen MR) is 352 cm³/mol. The highest BCUT2D eigenvalue weighted by atomic mass is 16.6. The minimum atomic E-state index is -0.808. The third-order valence-electron chi connectivity index (χ3n) is 13.8. The monoisotopic (exact) mass is 1120 g/mol. The van der Waals surface area contributed by atoms with Crippen molar-refractivity contribution in [2.75, 3.05) is 13.2 Å². The lowest BCUT2D eigenvalue weighted by atomic mass is 10.0. The maximum Gasteiger partial charge on any atom is 0.306 e. The highest BCUT2D eigenvalue weighted by Gasteiger charge is 2.19. The lowest BCUT2D eigenvalue weighted by molar-refractivity contribution is -0.167. The third-order valence-corrected chi connectivity index (χ3v) is 13.8. The van der Waals surface area contributed by atoms with Crippen LogP contribution in [0.15, 0.2) is 146 Å². The molecule has 0 aromatic rings. The Bertz CT molecular complexity index is 1760. The van der Waals surface area contributed by atoms with Crippen molar-refractivity contribution in [1.82, 2.24) is 0 Å². The van der Waals surface area contributed by atoms with Crippen LogP contribution in [-0.4, -0.2) is 37.2 Å². The van der Waals surface area contributed by atoms with E-state index in [1.54, 1.807) is 0 Å². The molecule has 0 aromatic heterocycles. The van der Waals surface area contributed by atoms with Gasteiger partial charge in [-0.15, -0.1) is 0 Å². The lowest BCUT2D eigenvalue weighted by Gasteiger charge is -2.18. The maximum absolute atomic E-state index is 12.9. The fourth-order valence-electron chi connectivity index (χ4n) is 8.82. The van der Waals surface area contributed by atoms with Gasteiger partial charge in [0.25, 0.3) is 0 Å². The minimum absolute atomic E-state index is 0.103. The van der Waals surface area contributed by atoms with Crippen molar-refractivity contribution in [3.8, 4) is 0 Å². The Balaban J connectivity index is 4.43. The topological polar surface area (TPSA) is 78.9 Å². The second kappa shape index (κ2) is 67.8. The first kappa shape index (κ1) is 76.3. The van der Waals surface area contributed by atoms with Gasteiger partial charge in [0.2, 0.25) is 0 Å². The van der Waals surface area contributed by atoms with Crippen molar-refractivity contribution < 1.29 is 28.6 Å². The van der Waals surface area contributed by atoms with Gasteiger partial charge < -0.3 is 14.2 Å². The molecule has 0 aromatic carbocycles. The second-order valence-corrected chi connectivity index (χ2v) is 21.6. The van der Waals surface area contributed by atoms with Gasteiger partial charge >= 0.3 is 17.9 Å². The first-order valence-corrected chi connectivity index (χ1v) is 33.3. The number of unbranched alkanes of at least 4 members (excludes halogenated alkanes) is 24. The average Bonchev–Trinajstić information content (AvgIpc) is 3.46. The number of allylic oxidation sites excluding steroid dienone is 24. The highest BCUT2D eigenvalue weighted by molar-refractivity contribution is 5.71. The fraction of sp³-hybridized carbons (Fsp3) is 0.640. The number of esters is 3. The van der Waals surface area contributed by atoms with Crippen LogP contribution in [0, 0.1) is 0 Å². The summed E-state index contributed by atoms with van der Waals surface area (Å²) < 4.78 is 16.9. The predicted octanol–water partition coefficient (Wildman–Crippen LogP) is 23.1. The van der Waals surface area contributed by atoms with Crippen LogP contribution in [-0.2, 0) is 28.6 Å². The highest BCUT2D eigenvalue weighted by Crippen LogP contribution is 2.15. The standard InChI is InChI=1S/C75H122O6/c1-4-7-10-13-16-19-22-25-27-29-31-33-35-37-39-41-43-45-47-50-53-56-59-62-65-68-74(77)80-71-72(70-79-73(76)67-64-61-58-55-52-49-24-21-18-15-12-9-6-3)81-75(78)69-66-63-60-57-54-51-48-46-44-42-40-38-36-34-32-30-28-26-23-20-17-14-11-8-5-2/h7,10,12,15-16,19,21,23-27,30-33,36-39,43,45,50,53,72H,4-6,8-9,11,13-14,17-18,20,22,28-29,34-35,40-42,44,46-49,51-52,54-71H2,1-3H3/b10-7-,15-12-,19-16-,24-21-,26-23-,27-25-,32-30-,33-31-,38-36-,39-37-,45-43-,53-50-. The number of carbonyl (C=O) groups is 3. The molecular weight excluding hydrogens is 997 g/mol. The molecular formula is C75H122O6. The molecule has 0 heterocycles. The van der Waals surface area contributed by atoms with Gasteiger partial charge in [-0.05, 0) is 141 Å². The van der Waals surface area contributed by atoms with E-state index in [9.17, 15) is 14.4 Å². The Morgan fingerprint density at radius 2 is 0.506 bits per heavy atom. The van der Waals surface area contributed by atoms with Crippen LogP contribution in [0.1, 0.15) is 290 Å². The zero-order valence-corrected chi connectivity index (χ0v) is 52.5. The number of hydrogen-bond acceptors (Lipinski definition) is 6. The van der Waals surface area contributed by atoms with E-state index in [4.69, 9.17) is 14.2 Å². The van der Waals surface area contributed by atoms with Crippen LogP contribution in [0.5, 0.6) is 0 Å². The van der Waals surface area contributed by atoms with Crippen molar-refractivity contribution in [3.05, 3.63) is 146 Å². The first-order chi connectivity index (χ1) is 40.0. The molecule has 458 valence electrons. The molecule has 0 rings (SSSR count). The van der Waals surface area contributed by atoms with Gasteiger partial charge in [0, 0.05) is 19.3 Å². The molecule has 0 saturated heterocycles. The SMILES string of the molecule is CC/C=C\C/C=C\C/C=C\C/C=C\C/C=C\C/C=C\C/C=C\CCCCCC(=O)OCC(COC(=O)CCCCCCC/C=C\C/C=C\CCC)OC(=O)CCCCCCCCCCCC/C=C\C/C=C\C/C=C\CCCCCCC. The van der Waals surface area contributed by atoms with Crippen LogP contribution in [0.4, 0.5) is 0 Å². The van der Waals surface area contributed by atoms with Crippen LogP contribution in [0.2, 0.25) is 0 Å². The molecule has 0 saturated carbocycles. The van der Waals surface area contributed by atoms with Gasteiger partial charge in [-0.1, -0.05) is 276 Å².